The molecular formula is C19H28O3. The highest BCUT2D eigenvalue weighted by Gasteiger charge is 2.45. The number of fused-ring (bicyclic) bond motifs is 3. The van der Waals surface area contributed by atoms with Crippen LogP contribution in [0.15, 0.2) is 12.1 Å². The van der Waals surface area contributed by atoms with Crippen molar-refractivity contribution in [1.29, 1.82) is 0 Å². The topological polar surface area (TPSA) is 49.7 Å². The lowest BCUT2D eigenvalue weighted by Crippen LogP contribution is -2.41. The number of hydrogen-bond acceptors (Lipinski definition) is 3. The van der Waals surface area contributed by atoms with Gasteiger partial charge in [0.2, 0.25) is 0 Å². The van der Waals surface area contributed by atoms with Gasteiger partial charge in [0.15, 0.2) is 0 Å². The predicted octanol–water partition coefficient (Wildman–Crippen LogP) is 4.29. The summed E-state index contributed by atoms with van der Waals surface area (Å²) in [6, 6.07) is 3.92. The molecule has 1 aliphatic heterocycles. The lowest BCUT2D eigenvalue weighted by molar-refractivity contribution is -0.0451. The Morgan fingerprint density at radius 3 is 2.82 bits per heavy atom. The van der Waals surface area contributed by atoms with Gasteiger partial charge < -0.3 is 14.9 Å². The van der Waals surface area contributed by atoms with E-state index in [-0.39, 0.29) is 6.10 Å². The van der Waals surface area contributed by atoms with Gasteiger partial charge in [0, 0.05) is 17.9 Å². The zero-order chi connectivity index (χ0) is 15.7. The molecule has 122 valence electrons. The first-order chi connectivity index (χ1) is 10.6. The summed E-state index contributed by atoms with van der Waals surface area (Å²) < 4.78 is 6.16. The van der Waals surface area contributed by atoms with Gasteiger partial charge in [0.05, 0.1) is 5.60 Å². The van der Waals surface area contributed by atoms with Crippen LogP contribution in [0.2, 0.25) is 0 Å². The molecule has 1 aromatic carbocycles. The monoisotopic (exact) mass is 304 g/mol. The zero-order valence-corrected chi connectivity index (χ0v) is 13.8. The van der Waals surface area contributed by atoms with Crippen molar-refractivity contribution in [2.24, 2.45) is 0 Å². The van der Waals surface area contributed by atoms with Crippen molar-refractivity contribution >= 4 is 0 Å². The molecule has 0 amide bonds. The highest BCUT2D eigenvalue weighted by Crippen LogP contribution is 2.50. The van der Waals surface area contributed by atoms with Gasteiger partial charge in [-0.25, -0.2) is 0 Å². The lowest BCUT2D eigenvalue weighted by atomic mass is 9.73. The first-order valence-electron chi connectivity index (χ1n) is 8.81. The predicted molar refractivity (Wildman–Crippen MR) is 87.6 cm³/mol. The van der Waals surface area contributed by atoms with Crippen LogP contribution in [0, 0.1) is 0 Å². The van der Waals surface area contributed by atoms with E-state index in [1.54, 1.807) is 0 Å². The van der Waals surface area contributed by atoms with E-state index in [1.165, 1.54) is 0 Å². The number of benzene rings is 1. The summed E-state index contributed by atoms with van der Waals surface area (Å²) in [5, 5.41) is 21.0. The van der Waals surface area contributed by atoms with Gasteiger partial charge in [-0.15, -0.1) is 0 Å². The molecule has 2 N–H and O–H groups in total. The van der Waals surface area contributed by atoms with Crippen molar-refractivity contribution in [3.63, 3.8) is 0 Å². The average molecular weight is 304 g/mol. The Morgan fingerprint density at radius 1 is 1.27 bits per heavy atom. The molecule has 1 saturated carbocycles. The number of rotatable bonds is 5. The number of aliphatic hydroxyl groups is 1. The van der Waals surface area contributed by atoms with Gasteiger partial charge in [-0.3, -0.25) is 0 Å². The maximum absolute atomic E-state index is 10.8. The zero-order valence-electron chi connectivity index (χ0n) is 13.8. The Kier molecular flexibility index (Phi) is 4.35. The van der Waals surface area contributed by atoms with Crippen molar-refractivity contribution in [3.8, 4) is 11.5 Å². The molecule has 3 rings (SSSR count). The second-order valence-electron chi connectivity index (χ2n) is 7.10. The van der Waals surface area contributed by atoms with Crippen molar-refractivity contribution in [3.05, 3.63) is 23.3 Å². The summed E-state index contributed by atoms with van der Waals surface area (Å²) in [6.07, 6.45) is 7.53. The molecule has 0 radical (unpaired) electrons. The summed E-state index contributed by atoms with van der Waals surface area (Å²) in [7, 11) is 0. The van der Waals surface area contributed by atoms with Crippen molar-refractivity contribution in [1.82, 2.24) is 0 Å². The third-order valence-electron chi connectivity index (χ3n) is 5.35. The summed E-state index contributed by atoms with van der Waals surface area (Å²) in [4.78, 5) is 0. The second-order valence-corrected chi connectivity index (χ2v) is 7.10. The molecule has 3 heteroatoms. The fraction of sp³-hybridized carbons (Fsp3) is 0.684. The van der Waals surface area contributed by atoms with Crippen LogP contribution >= 0.6 is 0 Å². The third-order valence-corrected chi connectivity index (χ3v) is 5.35. The SMILES string of the molecule is CCCC[C@@]1(O)CC[C@@H]2c3cc(O)c(CCC)cc3O[C@H]2C1. The molecule has 1 heterocycles. The fourth-order valence-corrected chi connectivity index (χ4v) is 4.09. The highest BCUT2D eigenvalue weighted by molar-refractivity contribution is 5.50. The lowest BCUT2D eigenvalue weighted by Gasteiger charge is -2.38. The molecule has 3 nitrogen and oxygen atoms in total. The minimum absolute atomic E-state index is 0.0712. The van der Waals surface area contributed by atoms with E-state index < -0.39 is 5.60 Å². The number of aromatic hydroxyl groups is 1. The minimum atomic E-state index is -0.562. The molecule has 3 atom stereocenters. The van der Waals surface area contributed by atoms with Crippen LogP contribution in [0.3, 0.4) is 0 Å². The maximum atomic E-state index is 10.8. The standard InChI is InChI=1S/C19H28O3/c1-3-5-8-19(21)9-7-14-15-11-16(20)13(6-4-2)10-17(15)22-18(14)12-19/h10-11,14,18,20-21H,3-9,12H2,1-2H3/t14-,18+,19-/m1/s1. The minimum Gasteiger partial charge on any atom is -0.508 e. The van der Waals surface area contributed by atoms with Crippen LogP contribution in [0.4, 0.5) is 0 Å². The first kappa shape index (κ1) is 15.7. The van der Waals surface area contributed by atoms with Gasteiger partial charge in [-0.05, 0) is 43.4 Å². The quantitative estimate of drug-likeness (QED) is 0.853. The van der Waals surface area contributed by atoms with Crippen LogP contribution in [-0.2, 0) is 6.42 Å². The maximum Gasteiger partial charge on any atom is 0.123 e. The summed E-state index contributed by atoms with van der Waals surface area (Å²) in [5.74, 6) is 1.66. The molecule has 0 unspecified atom stereocenters. The Morgan fingerprint density at radius 2 is 2.09 bits per heavy atom. The molecule has 0 aromatic heterocycles. The molecule has 1 aliphatic carbocycles. The molecule has 22 heavy (non-hydrogen) atoms. The van der Waals surface area contributed by atoms with Crippen LogP contribution in [0.5, 0.6) is 11.5 Å². The van der Waals surface area contributed by atoms with Crippen molar-refractivity contribution in [2.75, 3.05) is 0 Å². The number of phenolic OH excluding ortho intramolecular Hbond substituents is 1. The second kappa shape index (κ2) is 6.11. The summed E-state index contributed by atoms with van der Waals surface area (Å²) in [6.45, 7) is 4.27. The number of ether oxygens (including phenoxy) is 1. The molecule has 2 aliphatic rings. The Labute approximate surface area is 133 Å². The van der Waals surface area contributed by atoms with Crippen molar-refractivity contribution in [2.45, 2.75) is 82.8 Å². The molecular weight excluding hydrogens is 276 g/mol. The Balaban J connectivity index is 1.78. The van der Waals surface area contributed by atoms with Gasteiger partial charge in [-0.1, -0.05) is 33.1 Å². The van der Waals surface area contributed by atoms with Crippen LogP contribution < -0.4 is 4.74 Å². The van der Waals surface area contributed by atoms with Crippen LogP contribution in [-0.4, -0.2) is 21.9 Å². The molecule has 1 aromatic rings. The largest absolute Gasteiger partial charge is 0.508 e. The van der Waals surface area contributed by atoms with E-state index in [2.05, 4.69) is 13.8 Å². The van der Waals surface area contributed by atoms with Crippen molar-refractivity contribution < 1.29 is 14.9 Å². The Bertz CT molecular complexity index is 540. The van der Waals surface area contributed by atoms with Gasteiger partial charge in [0.1, 0.15) is 17.6 Å². The number of phenols is 1. The van der Waals surface area contributed by atoms with E-state index >= 15 is 0 Å². The molecule has 0 bridgehead atoms. The Hall–Kier alpha value is -1.22. The van der Waals surface area contributed by atoms with E-state index in [0.717, 1.165) is 68.2 Å². The number of aryl methyl sites for hydroxylation is 1. The van der Waals surface area contributed by atoms with E-state index in [9.17, 15) is 10.2 Å². The number of unbranched alkanes of at least 4 members (excludes halogenated alkanes) is 1. The molecule has 0 spiro atoms. The number of hydrogen-bond donors (Lipinski definition) is 2. The average Bonchev–Trinajstić information content (AvgIpc) is 2.82. The molecule has 1 fully saturated rings. The van der Waals surface area contributed by atoms with Gasteiger partial charge >= 0.3 is 0 Å². The summed E-state index contributed by atoms with van der Waals surface area (Å²) >= 11 is 0. The third kappa shape index (κ3) is 2.83. The van der Waals surface area contributed by atoms with E-state index in [0.29, 0.717) is 11.7 Å². The highest BCUT2D eigenvalue weighted by atomic mass is 16.5. The smallest absolute Gasteiger partial charge is 0.123 e. The molecule has 0 saturated heterocycles. The first-order valence-corrected chi connectivity index (χ1v) is 8.81. The fourth-order valence-electron chi connectivity index (χ4n) is 4.09. The van der Waals surface area contributed by atoms with Crippen LogP contribution in [0.1, 0.15) is 75.8 Å². The van der Waals surface area contributed by atoms with E-state index in [4.69, 9.17) is 4.74 Å². The van der Waals surface area contributed by atoms with Gasteiger partial charge in [-0.2, -0.15) is 0 Å². The van der Waals surface area contributed by atoms with Crippen LogP contribution in [0.25, 0.3) is 0 Å². The van der Waals surface area contributed by atoms with E-state index in [1.807, 2.05) is 12.1 Å². The van der Waals surface area contributed by atoms with Gasteiger partial charge in [0.25, 0.3) is 0 Å². The summed E-state index contributed by atoms with van der Waals surface area (Å²) in [5.41, 5.74) is 1.55. The normalized spacial score (nSPS) is 29.8.